The lowest BCUT2D eigenvalue weighted by atomic mass is 10.2. The molecule has 0 aromatic carbocycles. The molecule has 0 bridgehead atoms. The lowest BCUT2D eigenvalue weighted by Crippen LogP contribution is -2.36. The number of hydrogen-bond acceptors (Lipinski definition) is 4. The first kappa shape index (κ1) is 6.95. The topological polar surface area (TPSA) is 86.7 Å². The monoisotopic (exact) mass is 133 g/mol. The summed E-state index contributed by atoms with van der Waals surface area (Å²) in [5, 5.41) is 26.6. The third-order valence-corrected chi connectivity index (χ3v) is 1.70. The summed E-state index contributed by atoms with van der Waals surface area (Å²) in [6.45, 7) is 0. The summed E-state index contributed by atoms with van der Waals surface area (Å²) in [5.74, 6) is 0. The number of hydrogen-bond donors (Lipinski definition) is 4. The van der Waals surface area contributed by atoms with Crippen LogP contribution in [0.15, 0.2) is 0 Å². The van der Waals surface area contributed by atoms with E-state index in [9.17, 15) is 0 Å². The fraction of sp³-hybridized carbons (Fsp3) is 1.00. The van der Waals surface area contributed by atoms with Crippen molar-refractivity contribution in [2.75, 3.05) is 0 Å². The van der Waals surface area contributed by atoms with E-state index in [0.29, 0.717) is 0 Å². The standard InChI is InChI=1S/C5H11NO3/c6-2-1-3(7)5(9)4(2)8/h2-5,7-9H,1,6H2/t2-,3-,4-,5+/m0/s1. The van der Waals surface area contributed by atoms with E-state index in [1.54, 1.807) is 0 Å². The minimum atomic E-state index is -1.06. The van der Waals surface area contributed by atoms with Gasteiger partial charge in [-0.1, -0.05) is 0 Å². The summed E-state index contributed by atoms with van der Waals surface area (Å²) in [5.41, 5.74) is 5.29. The lowest BCUT2D eigenvalue weighted by molar-refractivity contribution is -0.0205. The molecule has 0 unspecified atom stereocenters. The summed E-state index contributed by atoms with van der Waals surface area (Å²) >= 11 is 0. The number of rotatable bonds is 0. The fourth-order valence-electron chi connectivity index (χ4n) is 1.04. The van der Waals surface area contributed by atoms with Gasteiger partial charge in [0.05, 0.1) is 12.2 Å². The first-order valence-corrected chi connectivity index (χ1v) is 2.92. The molecule has 0 heterocycles. The van der Waals surface area contributed by atoms with Crippen molar-refractivity contribution in [3.63, 3.8) is 0 Å². The number of nitrogens with two attached hydrogens (primary N) is 1. The van der Waals surface area contributed by atoms with Crippen LogP contribution in [-0.4, -0.2) is 39.7 Å². The summed E-state index contributed by atoms with van der Waals surface area (Å²) < 4.78 is 0. The molecule has 0 amide bonds. The zero-order chi connectivity index (χ0) is 7.02. The molecule has 0 aromatic rings. The zero-order valence-electron chi connectivity index (χ0n) is 4.94. The van der Waals surface area contributed by atoms with Crippen molar-refractivity contribution >= 4 is 0 Å². The highest BCUT2D eigenvalue weighted by atomic mass is 16.4. The second kappa shape index (κ2) is 2.22. The minimum Gasteiger partial charge on any atom is -0.390 e. The quantitative estimate of drug-likeness (QED) is 0.302. The fourth-order valence-corrected chi connectivity index (χ4v) is 1.04. The number of aliphatic hydroxyl groups is 3. The summed E-state index contributed by atoms with van der Waals surface area (Å²) in [7, 11) is 0. The maximum absolute atomic E-state index is 8.90. The Balaban J connectivity index is 2.54. The summed E-state index contributed by atoms with van der Waals surface area (Å²) in [6, 6.07) is -0.477. The highest BCUT2D eigenvalue weighted by Gasteiger charge is 2.38. The van der Waals surface area contributed by atoms with Crippen molar-refractivity contribution in [3.8, 4) is 0 Å². The molecule has 0 radical (unpaired) electrons. The molecule has 54 valence electrons. The molecule has 4 heteroatoms. The average molecular weight is 133 g/mol. The smallest absolute Gasteiger partial charge is 0.107 e. The van der Waals surface area contributed by atoms with Gasteiger partial charge >= 0.3 is 0 Å². The van der Waals surface area contributed by atoms with E-state index in [2.05, 4.69) is 0 Å². The van der Waals surface area contributed by atoms with E-state index in [0.717, 1.165) is 0 Å². The van der Waals surface area contributed by atoms with Crippen LogP contribution in [0.25, 0.3) is 0 Å². The molecule has 4 nitrogen and oxygen atoms in total. The highest BCUT2D eigenvalue weighted by Crippen LogP contribution is 2.18. The Morgan fingerprint density at radius 1 is 1.11 bits per heavy atom. The maximum Gasteiger partial charge on any atom is 0.107 e. The third-order valence-electron chi connectivity index (χ3n) is 1.70. The Hall–Kier alpha value is -0.160. The van der Waals surface area contributed by atoms with Crippen molar-refractivity contribution < 1.29 is 15.3 Å². The Morgan fingerprint density at radius 2 is 1.67 bits per heavy atom. The van der Waals surface area contributed by atoms with Gasteiger partial charge in [-0.3, -0.25) is 0 Å². The SMILES string of the molecule is N[C@H]1C[C@H](O)[C@@H](O)[C@H]1O. The van der Waals surface area contributed by atoms with Gasteiger partial charge in [0.25, 0.3) is 0 Å². The van der Waals surface area contributed by atoms with Crippen LogP contribution >= 0.6 is 0 Å². The third kappa shape index (κ3) is 1.07. The van der Waals surface area contributed by atoms with Gasteiger partial charge in [0.2, 0.25) is 0 Å². The predicted molar refractivity (Wildman–Crippen MR) is 30.6 cm³/mol. The van der Waals surface area contributed by atoms with Crippen LogP contribution in [0.5, 0.6) is 0 Å². The van der Waals surface area contributed by atoms with Gasteiger partial charge in [-0.25, -0.2) is 0 Å². The van der Waals surface area contributed by atoms with Gasteiger partial charge < -0.3 is 21.1 Å². The Labute approximate surface area is 52.9 Å². The Bertz CT molecular complexity index is 96.4. The van der Waals surface area contributed by atoms with E-state index in [-0.39, 0.29) is 6.42 Å². The van der Waals surface area contributed by atoms with Gasteiger partial charge in [0, 0.05) is 6.04 Å². The van der Waals surface area contributed by atoms with Crippen LogP contribution < -0.4 is 5.73 Å². The summed E-state index contributed by atoms with van der Waals surface area (Å²) in [6.07, 6.45) is -2.59. The molecule has 1 fully saturated rings. The first-order valence-electron chi connectivity index (χ1n) is 2.92. The van der Waals surface area contributed by atoms with Gasteiger partial charge in [-0.15, -0.1) is 0 Å². The van der Waals surface area contributed by atoms with Crippen molar-refractivity contribution in [2.45, 2.75) is 30.8 Å². The molecule has 0 saturated heterocycles. The minimum absolute atomic E-state index is 0.280. The second-order valence-corrected chi connectivity index (χ2v) is 2.45. The normalized spacial score (nSPS) is 52.0. The van der Waals surface area contributed by atoms with E-state index in [1.807, 2.05) is 0 Å². The second-order valence-electron chi connectivity index (χ2n) is 2.45. The molecule has 9 heavy (non-hydrogen) atoms. The van der Waals surface area contributed by atoms with Crippen molar-refractivity contribution in [1.82, 2.24) is 0 Å². The van der Waals surface area contributed by atoms with Gasteiger partial charge in [-0.05, 0) is 6.42 Å². The van der Waals surface area contributed by atoms with Crippen molar-refractivity contribution in [1.29, 1.82) is 0 Å². The van der Waals surface area contributed by atoms with E-state index in [1.165, 1.54) is 0 Å². The van der Waals surface area contributed by atoms with Crippen LogP contribution in [0.1, 0.15) is 6.42 Å². The van der Waals surface area contributed by atoms with Gasteiger partial charge in [0.1, 0.15) is 6.10 Å². The molecule has 0 spiro atoms. The molecule has 1 rings (SSSR count). The van der Waals surface area contributed by atoms with E-state index >= 15 is 0 Å². The molecule has 0 aromatic heterocycles. The molecular formula is C5H11NO3. The van der Waals surface area contributed by atoms with Gasteiger partial charge in [-0.2, -0.15) is 0 Å². The Morgan fingerprint density at radius 3 is 1.78 bits per heavy atom. The van der Waals surface area contributed by atoms with Crippen molar-refractivity contribution in [3.05, 3.63) is 0 Å². The van der Waals surface area contributed by atoms with Crippen LogP contribution in [0.3, 0.4) is 0 Å². The molecule has 1 saturated carbocycles. The van der Waals surface area contributed by atoms with Crippen molar-refractivity contribution in [2.24, 2.45) is 5.73 Å². The molecular weight excluding hydrogens is 122 g/mol. The first-order chi connectivity index (χ1) is 4.13. The van der Waals surface area contributed by atoms with Crippen LogP contribution in [0.4, 0.5) is 0 Å². The molecule has 0 aliphatic heterocycles. The summed E-state index contributed by atoms with van der Waals surface area (Å²) in [4.78, 5) is 0. The predicted octanol–water partition coefficient (Wildman–Crippen LogP) is -2.20. The highest BCUT2D eigenvalue weighted by molar-refractivity contribution is 4.93. The zero-order valence-corrected chi connectivity index (χ0v) is 4.94. The Kier molecular flexibility index (Phi) is 1.72. The number of aliphatic hydroxyl groups excluding tert-OH is 3. The largest absolute Gasteiger partial charge is 0.390 e. The molecule has 1 aliphatic carbocycles. The molecule has 4 atom stereocenters. The van der Waals surface area contributed by atoms with E-state index in [4.69, 9.17) is 21.1 Å². The maximum atomic E-state index is 8.90. The average Bonchev–Trinajstić information content (AvgIpc) is 1.98. The molecule has 5 N–H and O–H groups in total. The van der Waals surface area contributed by atoms with Gasteiger partial charge in [0.15, 0.2) is 0 Å². The van der Waals surface area contributed by atoms with Crippen LogP contribution in [-0.2, 0) is 0 Å². The molecule has 1 aliphatic rings. The van der Waals surface area contributed by atoms with Crippen LogP contribution in [0, 0.1) is 0 Å². The lowest BCUT2D eigenvalue weighted by Gasteiger charge is -2.11. The van der Waals surface area contributed by atoms with Crippen LogP contribution in [0.2, 0.25) is 0 Å². The van der Waals surface area contributed by atoms with E-state index < -0.39 is 24.4 Å².